The van der Waals surface area contributed by atoms with Crippen molar-refractivity contribution in [1.82, 2.24) is 5.32 Å². The molecule has 0 heterocycles. The lowest BCUT2D eigenvalue weighted by molar-refractivity contribution is -0.146. The molecule has 0 aliphatic carbocycles. The topological polar surface area (TPSA) is 86.6 Å². The third kappa shape index (κ3) is 3.74. The minimum Gasteiger partial charge on any atom is -0.481 e. The lowest BCUT2D eigenvalue weighted by Crippen LogP contribution is -2.41. The molecule has 3 N–H and O–H groups in total. The molecule has 0 saturated carbocycles. The van der Waals surface area contributed by atoms with Crippen LogP contribution < -0.4 is 5.32 Å². The van der Waals surface area contributed by atoms with Crippen LogP contribution >= 0.6 is 0 Å². The quantitative estimate of drug-likeness (QED) is 0.579. The van der Waals surface area contributed by atoms with E-state index in [0.29, 0.717) is 0 Å². The first-order valence-corrected chi connectivity index (χ1v) is 4.54. The molecule has 0 bridgehead atoms. The molecule has 0 saturated heterocycles. The van der Waals surface area contributed by atoms with Crippen molar-refractivity contribution in [2.24, 2.45) is 11.8 Å². The molecule has 1 amide bonds. The summed E-state index contributed by atoms with van der Waals surface area (Å²) in [4.78, 5) is 21.9. The molecule has 82 valence electrons. The number of aliphatic hydroxyl groups is 1. The Kier molecular flexibility index (Phi) is 5.15. The molecular weight excluding hydrogens is 186 g/mol. The van der Waals surface area contributed by atoms with Gasteiger partial charge in [-0.05, 0) is 6.92 Å². The predicted octanol–water partition coefficient (Wildman–Crippen LogP) is -0.160. The van der Waals surface area contributed by atoms with E-state index in [4.69, 9.17) is 10.2 Å². The van der Waals surface area contributed by atoms with Crippen molar-refractivity contribution in [2.45, 2.75) is 26.8 Å². The van der Waals surface area contributed by atoms with Gasteiger partial charge >= 0.3 is 5.97 Å². The Morgan fingerprint density at radius 3 is 2.07 bits per heavy atom. The molecule has 0 aromatic carbocycles. The highest BCUT2D eigenvalue weighted by molar-refractivity contribution is 5.84. The average Bonchev–Trinajstić information content (AvgIpc) is 2.14. The molecule has 0 rings (SSSR count). The number of carboxylic acids is 1. The summed E-state index contributed by atoms with van der Waals surface area (Å²) < 4.78 is 0. The summed E-state index contributed by atoms with van der Waals surface area (Å²) in [5.74, 6) is -2.66. The minimum absolute atomic E-state index is 0.153. The SMILES string of the molecule is CC(C(=O)O)C(C)C(=O)N[C@@H](C)CO. The number of aliphatic carboxylic acids is 1. The van der Waals surface area contributed by atoms with Gasteiger partial charge in [0.2, 0.25) is 5.91 Å². The summed E-state index contributed by atoms with van der Waals surface area (Å²) >= 11 is 0. The number of rotatable bonds is 5. The molecule has 0 aliphatic heterocycles. The van der Waals surface area contributed by atoms with E-state index in [1.807, 2.05) is 0 Å². The van der Waals surface area contributed by atoms with Crippen LogP contribution in [0.1, 0.15) is 20.8 Å². The molecule has 0 aromatic heterocycles. The van der Waals surface area contributed by atoms with Gasteiger partial charge in [-0.15, -0.1) is 0 Å². The summed E-state index contributed by atoms with van der Waals surface area (Å²) in [5, 5.41) is 19.9. The van der Waals surface area contributed by atoms with E-state index in [2.05, 4.69) is 5.32 Å². The molecule has 14 heavy (non-hydrogen) atoms. The molecule has 2 unspecified atom stereocenters. The highest BCUT2D eigenvalue weighted by Gasteiger charge is 2.26. The first-order valence-electron chi connectivity index (χ1n) is 4.54. The summed E-state index contributed by atoms with van der Waals surface area (Å²) in [6, 6.07) is -0.342. The fourth-order valence-corrected chi connectivity index (χ4v) is 0.861. The van der Waals surface area contributed by atoms with Crippen molar-refractivity contribution in [2.75, 3.05) is 6.61 Å². The minimum atomic E-state index is -0.996. The number of carbonyl (C=O) groups excluding carboxylic acids is 1. The highest BCUT2D eigenvalue weighted by Crippen LogP contribution is 2.11. The molecule has 5 heteroatoms. The number of carbonyl (C=O) groups is 2. The molecule has 0 spiro atoms. The van der Waals surface area contributed by atoms with Gasteiger partial charge < -0.3 is 15.5 Å². The largest absolute Gasteiger partial charge is 0.481 e. The normalized spacial score (nSPS) is 16.9. The summed E-state index contributed by atoms with van der Waals surface area (Å²) in [6.07, 6.45) is 0. The van der Waals surface area contributed by atoms with E-state index < -0.39 is 17.8 Å². The Balaban J connectivity index is 4.18. The number of nitrogens with one attached hydrogen (secondary N) is 1. The van der Waals surface area contributed by atoms with Crippen molar-refractivity contribution < 1.29 is 19.8 Å². The molecular formula is C9H17NO4. The monoisotopic (exact) mass is 203 g/mol. The smallest absolute Gasteiger partial charge is 0.307 e. The average molecular weight is 203 g/mol. The highest BCUT2D eigenvalue weighted by atomic mass is 16.4. The maximum absolute atomic E-state index is 11.4. The van der Waals surface area contributed by atoms with Crippen LogP contribution in [0.2, 0.25) is 0 Å². The molecule has 0 aliphatic rings. The van der Waals surface area contributed by atoms with Gasteiger partial charge in [0.25, 0.3) is 0 Å². The van der Waals surface area contributed by atoms with Crippen LogP contribution in [0.25, 0.3) is 0 Å². The van der Waals surface area contributed by atoms with Gasteiger partial charge in [0.1, 0.15) is 0 Å². The Morgan fingerprint density at radius 1 is 1.21 bits per heavy atom. The van der Waals surface area contributed by atoms with E-state index in [0.717, 1.165) is 0 Å². The zero-order valence-corrected chi connectivity index (χ0v) is 8.65. The van der Waals surface area contributed by atoms with Crippen molar-refractivity contribution in [3.8, 4) is 0 Å². The van der Waals surface area contributed by atoms with Gasteiger partial charge in [-0.1, -0.05) is 13.8 Å². The third-order valence-corrected chi connectivity index (χ3v) is 2.22. The van der Waals surface area contributed by atoms with Crippen molar-refractivity contribution in [3.05, 3.63) is 0 Å². The predicted molar refractivity (Wildman–Crippen MR) is 50.7 cm³/mol. The Bertz CT molecular complexity index is 217. The van der Waals surface area contributed by atoms with Gasteiger partial charge in [0, 0.05) is 12.0 Å². The molecule has 0 radical (unpaired) electrons. The lowest BCUT2D eigenvalue weighted by Gasteiger charge is -2.18. The molecule has 3 atom stereocenters. The molecule has 0 fully saturated rings. The number of amides is 1. The molecule has 5 nitrogen and oxygen atoms in total. The maximum Gasteiger partial charge on any atom is 0.307 e. The Hall–Kier alpha value is -1.10. The van der Waals surface area contributed by atoms with E-state index in [1.54, 1.807) is 13.8 Å². The Labute approximate surface area is 83.1 Å². The number of aliphatic hydroxyl groups excluding tert-OH is 1. The zero-order chi connectivity index (χ0) is 11.3. The third-order valence-electron chi connectivity index (χ3n) is 2.22. The number of carboxylic acid groups (broad SMARTS) is 1. The van der Waals surface area contributed by atoms with Gasteiger partial charge in [-0.3, -0.25) is 9.59 Å². The summed E-state index contributed by atoms with van der Waals surface area (Å²) in [6.45, 7) is 4.53. The first-order chi connectivity index (χ1) is 6.40. The van der Waals surface area contributed by atoms with E-state index in [1.165, 1.54) is 6.92 Å². The van der Waals surface area contributed by atoms with Crippen molar-refractivity contribution in [1.29, 1.82) is 0 Å². The number of hydrogen-bond donors (Lipinski definition) is 3. The van der Waals surface area contributed by atoms with Gasteiger partial charge in [-0.2, -0.15) is 0 Å². The van der Waals surface area contributed by atoms with Crippen LogP contribution in [0.5, 0.6) is 0 Å². The van der Waals surface area contributed by atoms with E-state index >= 15 is 0 Å². The van der Waals surface area contributed by atoms with Crippen LogP contribution in [0, 0.1) is 11.8 Å². The fraction of sp³-hybridized carbons (Fsp3) is 0.778. The van der Waals surface area contributed by atoms with Gasteiger partial charge in [0.05, 0.1) is 12.5 Å². The van der Waals surface area contributed by atoms with Crippen LogP contribution in [-0.4, -0.2) is 34.7 Å². The van der Waals surface area contributed by atoms with Crippen molar-refractivity contribution >= 4 is 11.9 Å². The van der Waals surface area contributed by atoms with Crippen LogP contribution in [0.4, 0.5) is 0 Å². The summed E-state index contributed by atoms with van der Waals surface area (Å²) in [7, 11) is 0. The van der Waals surface area contributed by atoms with E-state index in [9.17, 15) is 9.59 Å². The second-order valence-corrected chi connectivity index (χ2v) is 3.51. The Morgan fingerprint density at radius 2 is 1.71 bits per heavy atom. The maximum atomic E-state index is 11.4. The first kappa shape index (κ1) is 12.9. The second kappa shape index (κ2) is 5.59. The van der Waals surface area contributed by atoms with Crippen LogP contribution in [-0.2, 0) is 9.59 Å². The van der Waals surface area contributed by atoms with Crippen LogP contribution in [0.3, 0.4) is 0 Å². The van der Waals surface area contributed by atoms with Gasteiger partial charge in [0.15, 0.2) is 0 Å². The van der Waals surface area contributed by atoms with Crippen molar-refractivity contribution in [3.63, 3.8) is 0 Å². The number of hydrogen-bond acceptors (Lipinski definition) is 3. The molecule has 0 aromatic rings. The summed E-state index contributed by atoms with van der Waals surface area (Å²) in [5.41, 5.74) is 0. The van der Waals surface area contributed by atoms with E-state index in [-0.39, 0.29) is 18.6 Å². The standard InChI is InChI=1S/C9H17NO4/c1-5(4-11)10-8(12)6(2)7(3)9(13)14/h5-7,11H,4H2,1-3H3,(H,10,12)(H,13,14)/t5-,6?,7?/m0/s1. The lowest BCUT2D eigenvalue weighted by atomic mass is 9.95. The fourth-order valence-electron chi connectivity index (χ4n) is 0.861. The second-order valence-electron chi connectivity index (χ2n) is 3.51. The zero-order valence-electron chi connectivity index (χ0n) is 8.65. The van der Waals surface area contributed by atoms with Crippen LogP contribution in [0.15, 0.2) is 0 Å². The van der Waals surface area contributed by atoms with Gasteiger partial charge in [-0.25, -0.2) is 0 Å².